The van der Waals surface area contributed by atoms with Crippen LogP contribution in [0.1, 0.15) is 47.1 Å². The number of fused-ring (bicyclic) bond motifs is 1. The molecule has 0 bridgehead atoms. The first-order valence-corrected chi connectivity index (χ1v) is 8.64. The van der Waals surface area contributed by atoms with Crippen molar-refractivity contribution in [1.29, 1.82) is 0 Å². The van der Waals surface area contributed by atoms with Crippen LogP contribution in [0.3, 0.4) is 0 Å². The van der Waals surface area contributed by atoms with Crippen LogP contribution < -0.4 is 10.4 Å². The van der Waals surface area contributed by atoms with Crippen LogP contribution in [-0.4, -0.2) is 12.6 Å². The predicted octanol–water partition coefficient (Wildman–Crippen LogP) is 4.53. The van der Waals surface area contributed by atoms with Crippen molar-refractivity contribution in [2.45, 2.75) is 41.5 Å². The largest absolute Gasteiger partial charge is 0.492 e. The number of hydrogen-bond acceptors (Lipinski definition) is 5. The van der Waals surface area contributed by atoms with Crippen LogP contribution in [0.2, 0.25) is 0 Å². The minimum atomic E-state index is -0.457. The summed E-state index contributed by atoms with van der Waals surface area (Å²) in [6.45, 7) is 12.6. The molecule has 0 N–H and O–H groups in total. The van der Waals surface area contributed by atoms with E-state index in [1.807, 2.05) is 0 Å². The van der Waals surface area contributed by atoms with E-state index in [0.29, 0.717) is 17.9 Å². The molecule has 2 aromatic rings. The molecule has 138 valence electrons. The van der Waals surface area contributed by atoms with Crippen LogP contribution in [0.15, 0.2) is 39.1 Å². The molecule has 3 rings (SSSR count). The highest BCUT2D eigenvalue weighted by atomic mass is 16.5. The van der Waals surface area contributed by atoms with E-state index >= 15 is 0 Å². The van der Waals surface area contributed by atoms with Gasteiger partial charge in [0.1, 0.15) is 17.1 Å². The van der Waals surface area contributed by atoms with E-state index in [4.69, 9.17) is 13.9 Å². The maximum atomic E-state index is 11.7. The zero-order valence-corrected chi connectivity index (χ0v) is 16.1. The Morgan fingerprint density at radius 3 is 2.50 bits per heavy atom. The van der Waals surface area contributed by atoms with Crippen LogP contribution in [0.4, 0.5) is 0 Å². The Labute approximate surface area is 152 Å². The van der Waals surface area contributed by atoms with Crippen molar-refractivity contribution in [3.8, 4) is 5.75 Å². The summed E-state index contributed by atoms with van der Waals surface area (Å²) in [6, 6.07) is 6.43. The average Bonchev–Trinajstić information content (AvgIpc) is 2.80. The highest BCUT2D eigenvalue weighted by molar-refractivity contribution is 5.92. The lowest BCUT2D eigenvalue weighted by molar-refractivity contribution is -0.131. The predicted molar refractivity (Wildman–Crippen MR) is 99.9 cm³/mol. The smallest absolute Gasteiger partial charge is 0.336 e. The quantitative estimate of drug-likeness (QED) is 0.449. The number of hydrogen-bond donors (Lipinski definition) is 0. The Bertz CT molecular complexity index is 970. The molecule has 1 aromatic heterocycles. The van der Waals surface area contributed by atoms with E-state index in [-0.39, 0.29) is 10.8 Å². The Morgan fingerprint density at radius 1 is 1.19 bits per heavy atom. The number of esters is 1. The Balaban J connectivity index is 2.36. The van der Waals surface area contributed by atoms with Gasteiger partial charge in [0.05, 0.1) is 6.61 Å². The minimum Gasteiger partial charge on any atom is -0.492 e. The molecule has 0 atom stereocenters. The van der Waals surface area contributed by atoms with Gasteiger partial charge in [0.2, 0.25) is 0 Å². The standard InChI is InChI=1S/C21H24O5/c1-12(22)25-13-9-15(14-7-8-17(23)26-16(14)10-13)18-19(20(2,3)4)21(5,6)11-24-18/h7-10H,11H2,1-6H3. The summed E-state index contributed by atoms with van der Waals surface area (Å²) in [5, 5.41) is 0.745. The van der Waals surface area contributed by atoms with Gasteiger partial charge in [0.15, 0.2) is 0 Å². The fourth-order valence-electron chi connectivity index (χ4n) is 3.84. The van der Waals surface area contributed by atoms with Crippen molar-refractivity contribution in [2.24, 2.45) is 10.8 Å². The van der Waals surface area contributed by atoms with Crippen LogP contribution in [0.25, 0.3) is 16.7 Å². The summed E-state index contributed by atoms with van der Waals surface area (Å²) in [5.74, 6) is 0.644. The first-order chi connectivity index (χ1) is 12.0. The summed E-state index contributed by atoms with van der Waals surface area (Å²) >= 11 is 0. The summed E-state index contributed by atoms with van der Waals surface area (Å²) in [6.07, 6.45) is 0. The van der Waals surface area contributed by atoms with Gasteiger partial charge in [-0.1, -0.05) is 34.6 Å². The molecule has 0 fully saturated rings. The maximum Gasteiger partial charge on any atom is 0.336 e. The lowest BCUT2D eigenvalue weighted by Crippen LogP contribution is -2.24. The second-order valence-electron chi connectivity index (χ2n) is 8.36. The topological polar surface area (TPSA) is 65.7 Å². The lowest BCUT2D eigenvalue weighted by atomic mass is 9.71. The van der Waals surface area contributed by atoms with E-state index in [9.17, 15) is 9.59 Å². The van der Waals surface area contributed by atoms with Gasteiger partial charge >= 0.3 is 11.6 Å². The molecule has 0 amide bonds. The highest BCUT2D eigenvalue weighted by Crippen LogP contribution is 2.50. The van der Waals surface area contributed by atoms with E-state index in [1.165, 1.54) is 18.6 Å². The van der Waals surface area contributed by atoms with Crippen molar-refractivity contribution >= 4 is 22.7 Å². The number of benzene rings is 1. The molecular weight excluding hydrogens is 332 g/mol. The SMILES string of the molecule is CC(=O)Oc1cc(C2=C(C(C)(C)C)C(C)(C)CO2)c2ccc(=O)oc2c1. The molecule has 5 nitrogen and oxygen atoms in total. The second kappa shape index (κ2) is 6.01. The molecule has 0 spiro atoms. The van der Waals surface area contributed by atoms with Crippen LogP contribution in [-0.2, 0) is 9.53 Å². The van der Waals surface area contributed by atoms with Crippen molar-refractivity contribution in [1.82, 2.24) is 0 Å². The molecule has 1 aliphatic heterocycles. The van der Waals surface area contributed by atoms with E-state index < -0.39 is 11.6 Å². The number of ether oxygens (including phenoxy) is 2. The van der Waals surface area contributed by atoms with Crippen LogP contribution in [0, 0.1) is 10.8 Å². The lowest BCUT2D eigenvalue weighted by Gasteiger charge is -2.31. The van der Waals surface area contributed by atoms with Gasteiger partial charge < -0.3 is 13.9 Å². The van der Waals surface area contributed by atoms with Crippen LogP contribution in [0.5, 0.6) is 5.75 Å². The Morgan fingerprint density at radius 2 is 1.88 bits per heavy atom. The number of carbonyl (C=O) groups is 1. The molecular formula is C21H24O5. The van der Waals surface area contributed by atoms with Gasteiger partial charge in [-0.2, -0.15) is 0 Å². The third-order valence-electron chi connectivity index (χ3n) is 4.45. The molecule has 5 heteroatoms. The summed E-state index contributed by atoms with van der Waals surface area (Å²) in [5.41, 5.74) is 1.60. The first kappa shape index (κ1) is 18.2. The van der Waals surface area contributed by atoms with E-state index in [2.05, 4.69) is 34.6 Å². The molecule has 0 aliphatic carbocycles. The first-order valence-electron chi connectivity index (χ1n) is 8.64. The monoisotopic (exact) mass is 356 g/mol. The molecule has 26 heavy (non-hydrogen) atoms. The van der Waals surface area contributed by atoms with Crippen LogP contribution >= 0.6 is 0 Å². The van der Waals surface area contributed by atoms with E-state index in [0.717, 1.165) is 16.7 Å². The average molecular weight is 356 g/mol. The fourth-order valence-corrected chi connectivity index (χ4v) is 3.84. The zero-order valence-electron chi connectivity index (χ0n) is 16.1. The van der Waals surface area contributed by atoms with Gasteiger partial charge in [-0.3, -0.25) is 4.79 Å². The zero-order chi connectivity index (χ0) is 19.3. The van der Waals surface area contributed by atoms with Crippen molar-refractivity contribution in [2.75, 3.05) is 6.61 Å². The third kappa shape index (κ3) is 3.26. The highest BCUT2D eigenvalue weighted by Gasteiger charge is 2.41. The second-order valence-corrected chi connectivity index (χ2v) is 8.36. The fraction of sp³-hybridized carbons (Fsp3) is 0.429. The molecule has 1 aliphatic rings. The van der Waals surface area contributed by atoms with Gasteiger partial charge in [-0.05, 0) is 23.1 Å². The summed E-state index contributed by atoms with van der Waals surface area (Å²) in [7, 11) is 0. The maximum absolute atomic E-state index is 11.7. The van der Waals surface area contributed by atoms with Crippen molar-refractivity contribution in [3.05, 3.63) is 45.8 Å². The summed E-state index contributed by atoms with van der Waals surface area (Å²) < 4.78 is 16.7. The van der Waals surface area contributed by atoms with E-state index in [1.54, 1.807) is 18.2 Å². The normalized spacial score (nSPS) is 16.7. The number of rotatable bonds is 2. The molecule has 2 heterocycles. The third-order valence-corrected chi connectivity index (χ3v) is 4.45. The number of carbonyl (C=O) groups excluding carboxylic acids is 1. The van der Waals surface area contributed by atoms with Gasteiger partial charge in [-0.15, -0.1) is 0 Å². The minimum absolute atomic E-state index is 0.116. The Kier molecular flexibility index (Phi) is 4.21. The summed E-state index contributed by atoms with van der Waals surface area (Å²) in [4.78, 5) is 23.1. The van der Waals surface area contributed by atoms with Crippen molar-refractivity contribution < 1.29 is 18.7 Å². The van der Waals surface area contributed by atoms with Gasteiger partial charge in [-0.25, -0.2) is 4.79 Å². The molecule has 1 aromatic carbocycles. The Hall–Kier alpha value is -2.56. The molecule has 0 saturated heterocycles. The van der Waals surface area contributed by atoms with Gasteiger partial charge in [0.25, 0.3) is 0 Å². The van der Waals surface area contributed by atoms with Crippen molar-refractivity contribution in [3.63, 3.8) is 0 Å². The molecule has 0 unspecified atom stereocenters. The molecule has 0 radical (unpaired) electrons. The van der Waals surface area contributed by atoms with Gasteiger partial charge in [0, 0.05) is 35.4 Å². The molecule has 0 saturated carbocycles.